The maximum atomic E-state index is 13.3. The highest BCUT2D eigenvalue weighted by Crippen LogP contribution is 2.44. The number of hydrogen-bond acceptors (Lipinski definition) is 8. The predicted octanol–water partition coefficient (Wildman–Crippen LogP) is 8.57. The molecule has 344 valence electrons. The molecule has 0 bridgehead atoms. The highest BCUT2D eigenvalue weighted by molar-refractivity contribution is 5.95. The zero-order chi connectivity index (χ0) is 46.3. The Kier molecular flexibility index (Phi) is 13.1. The van der Waals surface area contributed by atoms with Crippen molar-refractivity contribution in [3.8, 4) is 0 Å². The Bertz CT molecular complexity index is 2060. The topological polar surface area (TPSA) is 147 Å². The molecule has 8 rings (SSSR count). The lowest BCUT2D eigenvalue weighted by atomic mass is 9.79. The van der Waals surface area contributed by atoms with Crippen LogP contribution in [-0.4, -0.2) is 88.5 Å². The van der Waals surface area contributed by atoms with Crippen LogP contribution in [0.2, 0.25) is 0 Å². The average molecular weight is 897 g/mol. The molecule has 2 atom stereocenters. The van der Waals surface area contributed by atoms with Crippen LogP contribution in [0.5, 0.6) is 0 Å². The number of alkyl halides is 6. The fourth-order valence-electron chi connectivity index (χ4n) is 8.97. The van der Waals surface area contributed by atoms with Crippen LogP contribution < -0.4 is 0 Å². The number of aliphatic hydroxyl groups is 4. The van der Waals surface area contributed by atoms with Crippen LogP contribution in [0.1, 0.15) is 134 Å². The molecule has 0 saturated heterocycles. The molecule has 4 aromatic rings. The zero-order valence-electron chi connectivity index (χ0n) is 35.7. The molecule has 2 aromatic heterocycles. The van der Waals surface area contributed by atoms with Crippen molar-refractivity contribution in [2.75, 3.05) is 0 Å². The third-order valence-corrected chi connectivity index (χ3v) is 13.5. The summed E-state index contributed by atoms with van der Waals surface area (Å²) in [5, 5.41) is 41.8. The van der Waals surface area contributed by atoms with Crippen molar-refractivity contribution in [2.24, 2.45) is 0 Å². The lowest BCUT2D eigenvalue weighted by molar-refractivity contribution is -0.259. The van der Waals surface area contributed by atoms with Crippen LogP contribution in [-0.2, 0) is 22.4 Å². The van der Waals surface area contributed by atoms with Crippen molar-refractivity contribution >= 4 is 11.8 Å². The van der Waals surface area contributed by atoms with Gasteiger partial charge in [0.2, 0.25) is 0 Å². The molecule has 2 amide bonds. The van der Waals surface area contributed by atoms with E-state index in [1.807, 2.05) is 34.1 Å². The van der Waals surface area contributed by atoms with Gasteiger partial charge in [-0.15, -0.1) is 0 Å². The quantitative estimate of drug-likeness (QED) is 0.116. The van der Waals surface area contributed by atoms with Gasteiger partial charge in [0.15, 0.2) is 11.2 Å². The molecular formula is C48H54F6N4O6. The lowest BCUT2D eigenvalue weighted by Gasteiger charge is -2.41. The van der Waals surface area contributed by atoms with Gasteiger partial charge in [-0.3, -0.25) is 19.6 Å². The molecule has 4 N–H and O–H groups in total. The van der Waals surface area contributed by atoms with Crippen LogP contribution in [0.15, 0.2) is 97.3 Å². The Balaban J connectivity index is 0.000000191. The molecule has 0 radical (unpaired) electrons. The number of pyridine rings is 2. The zero-order valence-corrected chi connectivity index (χ0v) is 35.7. The Hall–Kier alpha value is -4.90. The molecule has 2 aromatic carbocycles. The SMILES string of the molecule is C[C@](O)(c1ccc(C(=O)N(C2CC2)C2CCC(O)(c3ccccn3)CC2)cc1)C(F)(F)F.C[C@](O)(c1ccc(C(=O)N(C2CC2)C2CCC(O)(c3ccccn3)CC2)cc1)C(F)(F)F. The first-order valence-corrected chi connectivity index (χ1v) is 21.8. The second-order valence-electron chi connectivity index (χ2n) is 18.1. The molecule has 16 heteroatoms. The van der Waals surface area contributed by atoms with Crippen LogP contribution in [0.4, 0.5) is 26.3 Å². The van der Waals surface area contributed by atoms with Crippen LogP contribution in [0.25, 0.3) is 0 Å². The third-order valence-electron chi connectivity index (χ3n) is 13.5. The maximum absolute atomic E-state index is 13.3. The molecular weight excluding hydrogens is 843 g/mol. The van der Waals surface area contributed by atoms with Crippen molar-refractivity contribution in [3.05, 3.63) is 131 Å². The van der Waals surface area contributed by atoms with Crippen molar-refractivity contribution in [3.63, 3.8) is 0 Å². The summed E-state index contributed by atoms with van der Waals surface area (Å²) in [4.78, 5) is 38.8. The van der Waals surface area contributed by atoms with E-state index in [-0.39, 0.29) is 47.1 Å². The maximum Gasteiger partial charge on any atom is 0.421 e. The summed E-state index contributed by atoms with van der Waals surface area (Å²) in [6, 6.07) is 21.1. The smallest absolute Gasteiger partial charge is 0.384 e. The minimum Gasteiger partial charge on any atom is -0.384 e. The summed E-state index contributed by atoms with van der Waals surface area (Å²) < 4.78 is 78.6. The number of hydrogen-bond donors (Lipinski definition) is 4. The molecule has 10 nitrogen and oxygen atoms in total. The third kappa shape index (κ3) is 9.85. The summed E-state index contributed by atoms with van der Waals surface area (Å²) >= 11 is 0. The van der Waals surface area contributed by atoms with Gasteiger partial charge >= 0.3 is 12.4 Å². The van der Waals surface area contributed by atoms with E-state index in [1.165, 1.54) is 24.3 Å². The highest BCUT2D eigenvalue weighted by atomic mass is 19.4. The number of carbonyl (C=O) groups excluding carboxylic acids is 2. The lowest BCUT2D eigenvalue weighted by Crippen LogP contribution is -2.46. The summed E-state index contributed by atoms with van der Waals surface area (Å²) in [5.41, 5.74) is -6.75. The summed E-state index contributed by atoms with van der Waals surface area (Å²) in [6.07, 6.45) is 1.68. The van der Waals surface area contributed by atoms with Crippen molar-refractivity contribution in [1.82, 2.24) is 19.8 Å². The molecule has 4 aliphatic carbocycles. The van der Waals surface area contributed by atoms with E-state index < -0.39 is 34.8 Å². The van der Waals surface area contributed by atoms with Gasteiger partial charge < -0.3 is 30.2 Å². The van der Waals surface area contributed by atoms with Gasteiger partial charge in [0.05, 0.1) is 11.4 Å². The van der Waals surface area contributed by atoms with E-state index in [2.05, 4.69) is 9.97 Å². The first-order valence-electron chi connectivity index (χ1n) is 21.8. The van der Waals surface area contributed by atoms with Gasteiger partial charge in [0, 0.05) is 47.7 Å². The Labute approximate surface area is 368 Å². The molecule has 4 saturated carbocycles. The summed E-state index contributed by atoms with van der Waals surface area (Å²) in [7, 11) is 0. The van der Waals surface area contributed by atoms with E-state index in [1.54, 1.807) is 24.5 Å². The van der Waals surface area contributed by atoms with Crippen molar-refractivity contribution in [2.45, 2.75) is 150 Å². The van der Waals surface area contributed by atoms with Crippen LogP contribution in [0, 0.1) is 0 Å². The molecule has 4 aliphatic rings. The Morgan fingerprint density at radius 2 is 0.812 bits per heavy atom. The fraction of sp³-hybridized carbons (Fsp3) is 0.500. The van der Waals surface area contributed by atoms with E-state index in [0.717, 1.165) is 49.9 Å². The molecule has 0 spiro atoms. The fourth-order valence-corrected chi connectivity index (χ4v) is 8.97. The number of nitrogens with zero attached hydrogens (tertiary/aromatic N) is 4. The van der Waals surface area contributed by atoms with Gasteiger partial charge in [-0.25, -0.2) is 0 Å². The number of amides is 2. The normalized spacial score (nSPS) is 25.8. The molecule has 2 heterocycles. The minimum atomic E-state index is -4.81. The first-order chi connectivity index (χ1) is 30.1. The van der Waals surface area contributed by atoms with Crippen LogP contribution >= 0.6 is 0 Å². The van der Waals surface area contributed by atoms with E-state index in [4.69, 9.17) is 0 Å². The summed E-state index contributed by atoms with van der Waals surface area (Å²) in [5.74, 6) is -0.446. The number of benzene rings is 2. The second-order valence-corrected chi connectivity index (χ2v) is 18.1. The second kappa shape index (κ2) is 17.8. The largest absolute Gasteiger partial charge is 0.421 e. The Morgan fingerprint density at radius 3 is 1.06 bits per heavy atom. The van der Waals surface area contributed by atoms with Gasteiger partial charge in [-0.1, -0.05) is 36.4 Å². The van der Waals surface area contributed by atoms with Gasteiger partial charge in [0.1, 0.15) is 11.2 Å². The monoisotopic (exact) mass is 896 g/mol. The van der Waals surface area contributed by atoms with E-state index in [9.17, 15) is 56.4 Å². The van der Waals surface area contributed by atoms with Gasteiger partial charge in [-0.05, 0) is 151 Å². The van der Waals surface area contributed by atoms with Gasteiger partial charge in [-0.2, -0.15) is 26.3 Å². The van der Waals surface area contributed by atoms with Crippen LogP contribution in [0.3, 0.4) is 0 Å². The standard InChI is InChI=1S/2C24H27F3N2O3/c2*1-22(31,24(25,26)27)17-7-5-16(6-8-17)21(30)29(18-9-10-18)19-11-13-23(32,14-12-19)20-4-2-3-15-28-20/h2*2-8,15,18-19,31-32H,9-14H2,1H3/t2*19?,22-,23?/m00/s1. The summed E-state index contributed by atoms with van der Waals surface area (Å²) in [6.45, 7) is 1.40. The number of halogens is 6. The van der Waals surface area contributed by atoms with Crippen molar-refractivity contribution in [1.29, 1.82) is 0 Å². The number of carbonyl (C=O) groups is 2. The average Bonchev–Trinajstić information content (AvgIpc) is 4.23. The number of aromatic nitrogens is 2. The molecule has 0 aliphatic heterocycles. The minimum absolute atomic E-state index is 0.0445. The van der Waals surface area contributed by atoms with E-state index >= 15 is 0 Å². The molecule has 4 fully saturated rings. The van der Waals surface area contributed by atoms with Gasteiger partial charge in [0.25, 0.3) is 11.8 Å². The predicted molar refractivity (Wildman–Crippen MR) is 223 cm³/mol. The highest BCUT2D eigenvalue weighted by Gasteiger charge is 2.52. The Morgan fingerprint density at radius 1 is 0.516 bits per heavy atom. The first kappa shape index (κ1) is 47.1. The molecule has 64 heavy (non-hydrogen) atoms. The molecule has 0 unspecified atom stereocenters. The van der Waals surface area contributed by atoms with Crippen molar-refractivity contribution < 1.29 is 56.4 Å². The number of rotatable bonds is 10. The van der Waals surface area contributed by atoms with E-state index in [0.29, 0.717) is 87.7 Å².